The molecule has 5 nitrogen and oxygen atoms in total. The third-order valence-corrected chi connectivity index (χ3v) is 7.95. The number of fused-ring (bicyclic) bond motifs is 2. The zero-order chi connectivity index (χ0) is 21.3. The van der Waals surface area contributed by atoms with Crippen LogP contribution in [0.5, 0.6) is 5.75 Å². The molecule has 1 N–H and O–H groups in total. The van der Waals surface area contributed by atoms with E-state index in [0.717, 1.165) is 34.6 Å². The van der Waals surface area contributed by atoms with Gasteiger partial charge in [0, 0.05) is 10.5 Å². The normalized spacial score (nSPS) is 25.2. The minimum atomic E-state index is -4.33. The topological polar surface area (TPSA) is 65.0 Å². The number of phosphoric ester groups is 1. The second kappa shape index (κ2) is 8.80. The molecule has 3 unspecified atom stereocenters. The summed E-state index contributed by atoms with van der Waals surface area (Å²) in [7, 11) is -2.72. The Hall–Kier alpha value is -1.72. The van der Waals surface area contributed by atoms with Crippen LogP contribution in [0.4, 0.5) is 0 Å². The number of hydrogen-bond donors (Lipinski definition) is 1. The molecule has 0 radical (unpaired) electrons. The van der Waals surface area contributed by atoms with Crippen LogP contribution in [0.2, 0.25) is 0 Å². The second-order valence-electron chi connectivity index (χ2n) is 8.00. The van der Waals surface area contributed by atoms with Gasteiger partial charge in [0.05, 0.1) is 18.1 Å². The Morgan fingerprint density at radius 3 is 2.53 bits per heavy atom. The number of hydrogen-bond acceptors (Lipinski definition) is 5. The predicted octanol–water partition coefficient (Wildman–Crippen LogP) is 6.62. The molecular weight excluding hydrogens is 419 g/mol. The monoisotopic (exact) mass is 446 g/mol. The van der Waals surface area contributed by atoms with Crippen molar-refractivity contribution in [2.75, 3.05) is 7.11 Å². The van der Waals surface area contributed by atoms with Gasteiger partial charge < -0.3 is 9.26 Å². The summed E-state index contributed by atoms with van der Waals surface area (Å²) in [6, 6.07) is 13.5. The second-order valence-corrected chi connectivity index (χ2v) is 10.4. The first-order valence-corrected chi connectivity index (χ1v) is 12.6. The van der Waals surface area contributed by atoms with Crippen LogP contribution in [0, 0.1) is 11.8 Å². The number of benzene rings is 2. The average molecular weight is 447 g/mol. The average Bonchev–Trinajstić information content (AvgIpc) is 2.87. The SMILES string of the molecule is COc1cccc2c1Sc1ccccc1C=C2OP(=O)(O)OC1C(C)CCCC1C. The lowest BCUT2D eigenvalue weighted by Crippen LogP contribution is -2.32. The third-order valence-electron chi connectivity index (χ3n) is 5.79. The Balaban J connectivity index is 1.70. The van der Waals surface area contributed by atoms with Gasteiger partial charge in [0.15, 0.2) is 0 Å². The molecule has 1 heterocycles. The maximum Gasteiger partial charge on any atom is 0.527 e. The zero-order valence-electron chi connectivity index (χ0n) is 17.4. The van der Waals surface area contributed by atoms with E-state index in [0.29, 0.717) is 17.1 Å². The number of ether oxygens (including phenoxy) is 1. The van der Waals surface area contributed by atoms with Crippen molar-refractivity contribution >= 4 is 31.4 Å². The van der Waals surface area contributed by atoms with Gasteiger partial charge in [-0.15, -0.1) is 0 Å². The van der Waals surface area contributed by atoms with Crippen molar-refractivity contribution in [3.63, 3.8) is 0 Å². The Kier molecular flexibility index (Phi) is 6.31. The summed E-state index contributed by atoms with van der Waals surface area (Å²) in [6.45, 7) is 4.14. The molecule has 1 aliphatic carbocycles. The highest BCUT2D eigenvalue weighted by Gasteiger charge is 2.37. The quantitative estimate of drug-likeness (QED) is 0.521. The smallest absolute Gasteiger partial charge is 0.496 e. The van der Waals surface area contributed by atoms with Gasteiger partial charge in [-0.2, -0.15) is 0 Å². The molecule has 30 heavy (non-hydrogen) atoms. The molecule has 2 aromatic rings. The summed E-state index contributed by atoms with van der Waals surface area (Å²) in [5.74, 6) is 1.42. The van der Waals surface area contributed by atoms with E-state index in [1.807, 2.05) is 42.5 Å². The van der Waals surface area contributed by atoms with Crippen molar-refractivity contribution in [3.05, 3.63) is 53.6 Å². The van der Waals surface area contributed by atoms with E-state index >= 15 is 0 Å². The molecule has 7 heteroatoms. The van der Waals surface area contributed by atoms with Crippen molar-refractivity contribution in [3.8, 4) is 5.75 Å². The molecule has 0 aromatic heterocycles. The van der Waals surface area contributed by atoms with Gasteiger partial charge in [0.25, 0.3) is 0 Å². The minimum absolute atomic E-state index is 0.213. The minimum Gasteiger partial charge on any atom is -0.496 e. The summed E-state index contributed by atoms with van der Waals surface area (Å²) < 4.78 is 30.0. The maximum absolute atomic E-state index is 13.1. The number of rotatable bonds is 5. The van der Waals surface area contributed by atoms with Crippen molar-refractivity contribution in [2.45, 2.75) is 49.0 Å². The highest BCUT2D eigenvalue weighted by Crippen LogP contribution is 2.54. The first kappa shape index (κ1) is 21.5. The van der Waals surface area contributed by atoms with Crippen LogP contribution in [0.25, 0.3) is 11.8 Å². The van der Waals surface area contributed by atoms with Gasteiger partial charge in [0.1, 0.15) is 11.5 Å². The first-order chi connectivity index (χ1) is 14.4. The molecular formula is C23H27O5PS. The van der Waals surface area contributed by atoms with Gasteiger partial charge >= 0.3 is 7.82 Å². The van der Waals surface area contributed by atoms with E-state index in [9.17, 15) is 9.46 Å². The molecule has 1 fully saturated rings. The van der Waals surface area contributed by atoms with Crippen LogP contribution in [0.1, 0.15) is 44.2 Å². The lowest BCUT2D eigenvalue weighted by Gasteiger charge is -2.34. The van der Waals surface area contributed by atoms with Gasteiger partial charge in [-0.1, -0.05) is 56.3 Å². The Bertz CT molecular complexity index is 995. The number of methoxy groups -OCH3 is 1. The maximum atomic E-state index is 13.1. The summed E-state index contributed by atoms with van der Waals surface area (Å²) >= 11 is 1.55. The van der Waals surface area contributed by atoms with Crippen LogP contribution >= 0.6 is 19.6 Å². The summed E-state index contributed by atoms with van der Waals surface area (Å²) in [5.41, 5.74) is 1.62. The molecule has 0 amide bonds. The van der Waals surface area contributed by atoms with E-state index < -0.39 is 7.82 Å². The van der Waals surface area contributed by atoms with Gasteiger partial charge in [-0.25, -0.2) is 4.57 Å². The molecule has 1 saturated carbocycles. The first-order valence-electron chi connectivity index (χ1n) is 10.2. The van der Waals surface area contributed by atoms with Crippen LogP contribution < -0.4 is 4.74 Å². The van der Waals surface area contributed by atoms with Crippen molar-refractivity contribution in [2.24, 2.45) is 11.8 Å². The molecule has 2 aromatic carbocycles. The van der Waals surface area contributed by atoms with Crippen LogP contribution in [-0.2, 0) is 13.6 Å². The summed E-state index contributed by atoms with van der Waals surface area (Å²) in [4.78, 5) is 12.5. The van der Waals surface area contributed by atoms with E-state index in [4.69, 9.17) is 13.8 Å². The van der Waals surface area contributed by atoms with E-state index in [2.05, 4.69) is 13.8 Å². The van der Waals surface area contributed by atoms with Crippen LogP contribution in [0.15, 0.2) is 52.3 Å². The van der Waals surface area contributed by atoms with Crippen molar-refractivity contribution < 1.29 is 23.2 Å². The van der Waals surface area contributed by atoms with E-state index in [1.54, 1.807) is 24.9 Å². The summed E-state index contributed by atoms with van der Waals surface area (Å²) in [6.07, 6.45) is 4.59. The van der Waals surface area contributed by atoms with Crippen LogP contribution in [0.3, 0.4) is 0 Å². The highest BCUT2D eigenvalue weighted by atomic mass is 32.2. The fourth-order valence-electron chi connectivity index (χ4n) is 4.23. The lowest BCUT2D eigenvalue weighted by molar-refractivity contribution is 0.0283. The zero-order valence-corrected chi connectivity index (χ0v) is 19.1. The molecule has 0 saturated heterocycles. The molecule has 2 aliphatic rings. The molecule has 0 bridgehead atoms. The largest absolute Gasteiger partial charge is 0.527 e. The van der Waals surface area contributed by atoms with E-state index in [-0.39, 0.29) is 17.9 Å². The van der Waals surface area contributed by atoms with Gasteiger partial charge in [-0.05, 0) is 54.5 Å². The lowest BCUT2D eigenvalue weighted by atomic mass is 9.81. The van der Waals surface area contributed by atoms with Gasteiger partial charge in [0.2, 0.25) is 0 Å². The predicted molar refractivity (Wildman–Crippen MR) is 119 cm³/mol. The highest BCUT2D eigenvalue weighted by molar-refractivity contribution is 7.99. The van der Waals surface area contributed by atoms with Crippen molar-refractivity contribution in [1.29, 1.82) is 0 Å². The van der Waals surface area contributed by atoms with Gasteiger partial charge in [-0.3, -0.25) is 9.42 Å². The fourth-order valence-corrected chi connectivity index (χ4v) is 6.54. The van der Waals surface area contributed by atoms with Crippen LogP contribution in [-0.4, -0.2) is 18.1 Å². The molecule has 3 atom stereocenters. The standard InChI is InChI=1S/C23H27O5PS/c1-15-8-6-9-16(2)22(15)28-29(24,25)27-20-14-17-10-4-5-13-21(17)30-23-18(20)11-7-12-19(23)26-3/h4-5,7,10-16,22H,6,8-9H2,1-3H3,(H,24,25). The van der Waals surface area contributed by atoms with E-state index in [1.165, 1.54) is 0 Å². The Labute approximate surface area is 182 Å². The molecule has 0 spiro atoms. The third kappa shape index (κ3) is 4.47. The molecule has 1 aliphatic heterocycles. The molecule has 160 valence electrons. The number of phosphoric acid groups is 1. The Morgan fingerprint density at radius 2 is 1.80 bits per heavy atom. The van der Waals surface area contributed by atoms with Crippen molar-refractivity contribution in [1.82, 2.24) is 0 Å². The molecule has 4 rings (SSSR count). The Morgan fingerprint density at radius 1 is 1.07 bits per heavy atom. The fraction of sp³-hybridized carbons (Fsp3) is 0.391. The summed E-state index contributed by atoms with van der Waals surface area (Å²) in [5, 5.41) is 0.